The molecule has 1 amide bonds. The number of aromatic nitrogens is 1. The number of carbonyl (C=O) groups excluding carboxylic acids is 1. The second-order valence-electron chi connectivity index (χ2n) is 4.83. The number of rotatable bonds is 4. The summed E-state index contributed by atoms with van der Waals surface area (Å²) in [5.41, 5.74) is 0.165. The van der Waals surface area contributed by atoms with E-state index in [1.54, 1.807) is 12.3 Å². The fourth-order valence-corrected chi connectivity index (χ4v) is 2.89. The van der Waals surface area contributed by atoms with E-state index in [1.807, 2.05) is 0 Å². The summed E-state index contributed by atoms with van der Waals surface area (Å²) in [5.74, 6) is -0.250. The normalized spacial score (nSPS) is 18.2. The van der Waals surface area contributed by atoms with Gasteiger partial charge >= 0.3 is 4.87 Å². The number of aliphatic hydroxyl groups excluding tert-OH is 1. The smallest absolute Gasteiger partial charge is 0.307 e. The molecule has 1 aromatic rings. The summed E-state index contributed by atoms with van der Waals surface area (Å²) in [4.78, 5) is 23.4. The third-order valence-corrected chi connectivity index (χ3v) is 4.32. The maximum Gasteiger partial charge on any atom is 0.307 e. The number of thiazole rings is 1. The quantitative estimate of drug-likeness (QED) is 0.808. The van der Waals surface area contributed by atoms with Crippen molar-refractivity contribution in [3.8, 4) is 0 Å². The average Bonchev–Trinajstić information content (AvgIpc) is 2.71. The Labute approximate surface area is 115 Å². The molecule has 0 aliphatic carbocycles. The first-order chi connectivity index (χ1) is 9.06. The number of hydrogen-bond donors (Lipinski definition) is 2. The lowest BCUT2D eigenvalue weighted by atomic mass is 9.91. The van der Waals surface area contributed by atoms with Crippen LogP contribution >= 0.6 is 11.3 Å². The third kappa shape index (κ3) is 3.23. The molecule has 1 aliphatic rings. The minimum Gasteiger partial charge on any atom is -0.394 e. The first kappa shape index (κ1) is 14.2. The predicted molar refractivity (Wildman–Crippen MR) is 71.3 cm³/mol. The lowest BCUT2D eigenvalue weighted by Crippen LogP contribution is -2.55. The minimum absolute atomic E-state index is 0.00320. The standard InChI is InChI=1S/C12H18N2O4S/c1-9-7-19-11(17)14(9)6-10(16)13-12(8-15)2-4-18-5-3-12/h7,15H,2-6,8H2,1H3,(H,13,16). The Balaban J connectivity index is 2.02. The van der Waals surface area contributed by atoms with Crippen molar-refractivity contribution in [2.75, 3.05) is 19.8 Å². The SMILES string of the molecule is Cc1csc(=O)n1CC(=O)NC1(CO)CCOCC1. The first-order valence-corrected chi connectivity index (χ1v) is 7.09. The van der Waals surface area contributed by atoms with Crippen LogP contribution in [-0.4, -0.2) is 40.9 Å². The molecule has 2 heterocycles. The summed E-state index contributed by atoms with van der Waals surface area (Å²) in [6, 6.07) is 0. The fourth-order valence-electron chi connectivity index (χ4n) is 2.16. The molecule has 2 N–H and O–H groups in total. The van der Waals surface area contributed by atoms with Crippen LogP contribution in [0.2, 0.25) is 0 Å². The van der Waals surface area contributed by atoms with Crippen LogP contribution < -0.4 is 10.2 Å². The van der Waals surface area contributed by atoms with Crippen LogP contribution in [0.1, 0.15) is 18.5 Å². The van der Waals surface area contributed by atoms with Gasteiger partial charge in [0.05, 0.1) is 12.1 Å². The Hall–Kier alpha value is -1.18. The number of hydrogen-bond acceptors (Lipinski definition) is 5. The Kier molecular flexibility index (Phi) is 4.38. The highest BCUT2D eigenvalue weighted by molar-refractivity contribution is 7.07. The average molecular weight is 286 g/mol. The maximum atomic E-state index is 12.0. The van der Waals surface area contributed by atoms with Crippen molar-refractivity contribution in [3.63, 3.8) is 0 Å². The summed E-state index contributed by atoms with van der Waals surface area (Å²) in [6.45, 7) is 2.73. The molecule has 1 fully saturated rings. The van der Waals surface area contributed by atoms with Crippen molar-refractivity contribution in [1.29, 1.82) is 0 Å². The fraction of sp³-hybridized carbons (Fsp3) is 0.667. The second-order valence-corrected chi connectivity index (χ2v) is 5.65. The van der Waals surface area contributed by atoms with Crippen molar-refractivity contribution in [2.24, 2.45) is 0 Å². The summed E-state index contributed by atoms with van der Waals surface area (Å²) >= 11 is 1.08. The highest BCUT2D eigenvalue weighted by Crippen LogP contribution is 2.20. The van der Waals surface area contributed by atoms with Crippen LogP contribution in [-0.2, 0) is 16.1 Å². The van der Waals surface area contributed by atoms with Gasteiger partial charge in [0.15, 0.2) is 0 Å². The molecule has 0 radical (unpaired) electrons. The van der Waals surface area contributed by atoms with E-state index >= 15 is 0 Å². The summed E-state index contributed by atoms with van der Waals surface area (Å²) in [5, 5.41) is 14.1. The van der Waals surface area contributed by atoms with Crippen molar-refractivity contribution < 1.29 is 14.6 Å². The number of nitrogens with zero attached hydrogens (tertiary/aromatic N) is 1. The van der Waals surface area contributed by atoms with Gasteiger partial charge in [-0.25, -0.2) is 0 Å². The van der Waals surface area contributed by atoms with Gasteiger partial charge in [-0.15, -0.1) is 0 Å². The molecule has 0 spiro atoms. The van der Waals surface area contributed by atoms with Crippen molar-refractivity contribution in [1.82, 2.24) is 9.88 Å². The lowest BCUT2D eigenvalue weighted by molar-refractivity contribution is -0.125. The van der Waals surface area contributed by atoms with E-state index in [0.717, 1.165) is 17.0 Å². The van der Waals surface area contributed by atoms with Gasteiger partial charge in [-0.2, -0.15) is 0 Å². The summed E-state index contributed by atoms with van der Waals surface area (Å²) in [6.07, 6.45) is 1.18. The first-order valence-electron chi connectivity index (χ1n) is 6.21. The molecule has 7 heteroatoms. The Morgan fingerprint density at radius 3 is 2.79 bits per heavy atom. The van der Waals surface area contributed by atoms with Gasteiger partial charge in [0.2, 0.25) is 5.91 Å². The number of aryl methyl sites for hydroxylation is 1. The third-order valence-electron chi connectivity index (χ3n) is 3.44. The number of nitrogens with one attached hydrogen (secondary N) is 1. The summed E-state index contributed by atoms with van der Waals surface area (Å²) < 4.78 is 6.67. The van der Waals surface area contributed by atoms with E-state index in [2.05, 4.69) is 5.32 Å². The Bertz CT molecular complexity index is 502. The zero-order valence-electron chi connectivity index (χ0n) is 10.8. The van der Waals surface area contributed by atoms with Crippen molar-refractivity contribution in [3.05, 3.63) is 20.7 Å². The molecule has 1 aromatic heterocycles. The van der Waals surface area contributed by atoms with E-state index < -0.39 is 5.54 Å². The van der Waals surface area contributed by atoms with Gasteiger partial charge in [-0.1, -0.05) is 11.3 Å². The van der Waals surface area contributed by atoms with Crippen LogP contribution in [0.15, 0.2) is 10.2 Å². The highest BCUT2D eigenvalue weighted by atomic mass is 32.1. The van der Waals surface area contributed by atoms with Gasteiger partial charge < -0.3 is 15.2 Å². The van der Waals surface area contributed by atoms with E-state index in [0.29, 0.717) is 26.1 Å². The highest BCUT2D eigenvalue weighted by Gasteiger charge is 2.33. The number of carbonyl (C=O) groups is 1. The van der Waals surface area contributed by atoms with Gasteiger partial charge in [0, 0.05) is 24.3 Å². The van der Waals surface area contributed by atoms with E-state index in [9.17, 15) is 14.7 Å². The molecule has 1 aliphatic heterocycles. The van der Waals surface area contributed by atoms with Gasteiger partial charge in [0.1, 0.15) is 6.54 Å². The molecule has 0 unspecified atom stereocenters. The lowest BCUT2D eigenvalue weighted by Gasteiger charge is -2.36. The molecule has 0 aromatic carbocycles. The topological polar surface area (TPSA) is 80.6 Å². The van der Waals surface area contributed by atoms with Gasteiger partial charge in [-0.05, 0) is 19.8 Å². The number of aliphatic hydroxyl groups is 1. The summed E-state index contributed by atoms with van der Waals surface area (Å²) in [7, 11) is 0. The van der Waals surface area contributed by atoms with Crippen molar-refractivity contribution in [2.45, 2.75) is 31.8 Å². The van der Waals surface area contributed by atoms with Gasteiger partial charge in [0.25, 0.3) is 0 Å². The molecule has 0 saturated carbocycles. The Morgan fingerprint density at radius 2 is 2.26 bits per heavy atom. The molecular weight excluding hydrogens is 268 g/mol. The monoisotopic (exact) mass is 286 g/mol. The molecule has 0 atom stereocenters. The molecule has 0 bridgehead atoms. The van der Waals surface area contributed by atoms with E-state index in [4.69, 9.17) is 4.74 Å². The molecular formula is C12H18N2O4S. The number of ether oxygens (including phenoxy) is 1. The van der Waals surface area contributed by atoms with Crippen LogP contribution in [0.25, 0.3) is 0 Å². The number of amides is 1. The van der Waals surface area contributed by atoms with E-state index in [1.165, 1.54) is 4.57 Å². The second kappa shape index (κ2) is 5.85. The molecule has 1 saturated heterocycles. The zero-order valence-corrected chi connectivity index (χ0v) is 11.7. The molecule has 6 nitrogen and oxygen atoms in total. The largest absolute Gasteiger partial charge is 0.394 e. The van der Waals surface area contributed by atoms with E-state index in [-0.39, 0.29) is 23.9 Å². The maximum absolute atomic E-state index is 12.0. The predicted octanol–water partition coefficient (Wildman–Crippen LogP) is -0.124. The Morgan fingerprint density at radius 1 is 1.58 bits per heavy atom. The molecule has 19 heavy (non-hydrogen) atoms. The zero-order chi connectivity index (χ0) is 13.9. The van der Waals surface area contributed by atoms with Crippen LogP contribution in [0.3, 0.4) is 0 Å². The van der Waals surface area contributed by atoms with Gasteiger partial charge in [-0.3, -0.25) is 14.2 Å². The van der Waals surface area contributed by atoms with Crippen LogP contribution in [0.4, 0.5) is 0 Å². The molecule has 2 rings (SSSR count). The van der Waals surface area contributed by atoms with Crippen LogP contribution in [0, 0.1) is 6.92 Å². The minimum atomic E-state index is -0.608. The van der Waals surface area contributed by atoms with Crippen molar-refractivity contribution >= 4 is 17.2 Å². The van der Waals surface area contributed by atoms with Crippen LogP contribution in [0.5, 0.6) is 0 Å². The molecule has 106 valence electrons.